The summed E-state index contributed by atoms with van der Waals surface area (Å²) in [4.78, 5) is 25.4. The van der Waals surface area contributed by atoms with Gasteiger partial charge in [-0.05, 0) is 36.0 Å². The van der Waals surface area contributed by atoms with Crippen molar-refractivity contribution < 1.29 is 9.72 Å². The number of hydrogen-bond acceptors (Lipinski definition) is 4. The third-order valence-corrected chi connectivity index (χ3v) is 5.26. The largest absolute Gasteiger partial charge is 0.331 e. The fourth-order valence-electron chi connectivity index (χ4n) is 2.64. The van der Waals surface area contributed by atoms with E-state index >= 15 is 0 Å². The molecule has 126 valence electrons. The molecule has 1 amide bonds. The van der Waals surface area contributed by atoms with Gasteiger partial charge in [0.15, 0.2) is 0 Å². The van der Waals surface area contributed by atoms with Gasteiger partial charge in [-0.3, -0.25) is 14.9 Å². The molecule has 0 spiro atoms. The van der Waals surface area contributed by atoms with Gasteiger partial charge >= 0.3 is 5.00 Å². The van der Waals surface area contributed by atoms with Gasteiger partial charge in [-0.25, -0.2) is 0 Å². The van der Waals surface area contributed by atoms with Gasteiger partial charge in [0, 0.05) is 18.7 Å². The Bertz CT molecular complexity index is 748. The van der Waals surface area contributed by atoms with Gasteiger partial charge in [-0.1, -0.05) is 49.4 Å². The SMILES string of the molecule is CC(C)c1ccc(CN(C(=O)c2ccc([N+](=O)[O-])s2)C2CC2)cc1. The van der Waals surface area contributed by atoms with Gasteiger partial charge in [0.25, 0.3) is 5.91 Å². The zero-order valence-corrected chi connectivity index (χ0v) is 14.6. The highest BCUT2D eigenvalue weighted by Crippen LogP contribution is 2.32. The minimum Gasteiger partial charge on any atom is -0.331 e. The quantitative estimate of drug-likeness (QED) is 0.569. The van der Waals surface area contributed by atoms with Gasteiger partial charge in [0.2, 0.25) is 0 Å². The van der Waals surface area contributed by atoms with E-state index in [0.29, 0.717) is 17.3 Å². The minimum atomic E-state index is -0.451. The fraction of sp³-hybridized carbons (Fsp3) is 0.389. The summed E-state index contributed by atoms with van der Waals surface area (Å²) < 4.78 is 0. The lowest BCUT2D eigenvalue weighted by Crippen LogP contribution is -2.32. The second kappa shape index (κ2) is 6.73. The molecule has 24 heavy (non-hydrogen) atoms. The monoisotopic (exact) mass is 344 g/mol. The van der Waals surface area contributed by atoms with Crippen molar-refractivity contribution in [2.75, 3.05) is 0 Å². The van der Waals surface area contributed by atoms with Gasteiger partial charge in [0.1, 0.15) is 0 Å². The highest BCUT2D eigenvalue weighted by Gasteiger charge is 2.34. The number of rotatable bonds is 6. The topological polar surface area (TPSA) is 63.5 Å². The van der Waals surface area contributed by atoms with E-state index < -0.39 is 4.92 Å². The van der Waals surface area contributed by atoms with E-state index in [0.717, 1.165) is 29.7 Å². The van der Waals surface area contributed by atoms with E-state index in [9.17, 15) is 14.9 Å². The lowest BCUT2D eigenvalue weighted by atomic mass is 10.0. The number of nitrogens with zero attached hydrogens (tertiary/aromatic N) is 2. The molecular weight excluding hydrogens is 324 g/mol. The summed E-state index contributed by atoms with van der Waals surface area (Å²) in [5.74, 6) is 0.371. The van der Waals surface area contributed by atoms with E-state index in [1.165, 1.54) is 11.6 Å². The summed E-state index contributed by atoms with van der Waals surface area (Å²) in [6.07, 6.45) is 2.01. The van der Waals surface area contributed by atoms with Gasteiger partial charge in [-0.15, -0.1) is 0 Å². The Kier molecular flexibility index (Phi) is 4.66. The lowest BCUT2D eigenvalue weighted by molar-refractivity contribution is -0.380. The van der Waals surface area contributed by atoms with Crippen LogP contribution in [0.3, 0.4) is 0 Å². The molecule has 5 nitrogen and oxygen atoms in total. The molecule has 1 aliphatic carbocycles. The predicted molar refractivity (Wildman–Crippen MR) is 94.4 cm³/mol. The average molecular weight is 344 g/mol. The molecule has 3 rings (SSSR count). The van der Waals surface area contributed by atoms with Crippen molar-refractivity contribution in [1.82, 2.24) is 4.90 Å². The molecule has 1 aliphatic rings. The van der Waals surface area contributed by atoms with Crippen molar-refractivity contribution in [3.63, 3.8) is 0 Å². The van der Waals surface area contributed by atoms with E-state index in [1.807, 2.05) is 4.90 Å². The van der Waals surface area contributed by atoms with Gasteiger partial charge in [0.05, 0.1) is 9.80 Å². The minimum absolute atomic E-state index is 0.00961. The van der Waals surface area contributed by atoms with Gasteiger partial charge < -0.3 is 4.90 Å². The number of carbonyl (C=O) groups excluding carboxylic acids is 1. The third kappa shape index (κ3) is 3.64. The predicted octanol–water partition coefficient (Wildman–Crippen LogP) is 4.58. The van der Waals surface area contributed by atoms with Crippen LogP contribution in [-0.4, -0.2) is 21.8 Å². The maximum atomic E-state index is 12.8. The van der Waals surface area contributed by atoms with Crippen molar-refractivity contribution >= 4 is 22.2 Å². The number of nitro groups is 1. The van der Waals surface area contributed by atoms with Crippen molar-refractivity contribution in [1.29, 1.82) is 0 Å². The van der Waals surface area contributed by atoms with Crippen LogP contribution in [0.25, 0.3) is 0 Å². The Morgan fingerprint density at radius 3 is 2.42 bits per heavy atom. The summed E-state index contributed by atoms with van der Waals surface area (Å²) in [6, 6.07) is 11.5. The normalized spacial score (nSPS) is 14.0. The molecule has 1 fully saturated rings. The van der Waals surface area contributed by atoms with Crippen LogP contribution in [0.5, 0.6) is 0 Å². The Morgan fingerprint density at radius 2 is 1.92 bits per heavy atom. The standard InChI is InChI=1S/C18H20N2O3S/c1-12(2)14-5-3-13(4-6-14)11-19(15-7-8-15)18(21)16-9-10-17(24-16)20(22)23/h3-6,9-10,12,15H,7-8,11H2,1-2H3. The Morgan fingerprint density at radius 1 is 1.25 bits per heavy atom. The zero-order valence-electron chi connectivity index (χ0n) is 13.8. The van der Waals surface area contributed by atoms with E-state index in [-0.39, 0.29) is 17.0 Å². The molecule has 0 unspecified atom stereocenters. The van der Waals surface area contributed by atoms with Crippen molar-refractivity contribution in [2.45, 2.75) is 45.2 Å². The third-order valence-electron chi connectivity index (χ3n) is 4.23. The van der Waals surface area contributed by atoms with E-state index in [4.69, 9.17) is 0 Å². The van der Waals surface area contributed by atoms with Crippen LogP contribution in [0, 0.1) is 10.1 Å². The first-order valence-corrected chi connectivity index (χ1v) is 8.91. The molecule has 0 radical (unpaired) electrons. The molecule has 0 bridgehead atoms. The van der Waals surface area contributed by atoms with Gasteiger partial charge in [-0.2, -0.15) is 0 Å². The molecule has 1 saturated carbocycles. The first kappa shape index (κ1) is 16.6. The zero-order chi connectivity index (χ0) is 17.3. The summed E-state index contributed by atoms with van der Waals surface area (Å²) in [6.45, 7) is 4.85. The molecule has 1 aromatic carbocycles. The molecular formula is C18H20N2O3S. The highest BCUT2D eigenvalue weighted by molar-refractivity contribution is 7.17. The first-order valence-electron chi connectivity index (χ1n) is 8.09. The van der Waals surface area contributed by atoms with Crippen molar-refractivity contribution in [3.05, 3.63) is 62.5 Å². The molecule has 1 heterocycles. The van der Waals surface area contributed by atoms with Crippen LogP contribution in [0.2, 0.25) is 0 Å². The van der Waals surface area contributed by atoms with E-state index in [1.54, 1.807) is 6.07 Å². The molecule has 0 aliphatic heterocycles. The Labute approximate surface area is 145 Å². The van der Waals surface area contributed by atoms with Crippen LogP contribution >= 0.6 is 11.3 Å². The smallest absolute Gasteiger partial charge is 0.324 e. The van der Waals surface area contributed by atoms with Crippen LogP contribution in [0.4, 0.5) is 5.00 Å². The Balaban J connectivity index is 1.76. The highest BCUT2D eigenvalue weighted by atomic mass is 32.1. The molecule has 0 atom stereocenters. The van der Waals surface area contributed by atoms with E-state index in [2.05, 4.69) is 38.1 Å². The number of hydrogen-bond donors (Lipinski definition) is 0. The number of carbonyl (C=O) groups is 1. The number of benzene rings is 1. The van der Waals surface area contributed by atoms with Crippen molar-refractivity contribution in [2.24, 2.45) is 0 Å². The van der Waals surface area contributed by atoms with Crippen LogP contribution < -0.4 is 0 Å². The lowest BCUT2D eigenvalue weighted by Gasteiger charge is -2.22. The van der Waals surface area contributed by atoms with Crippen LogP contribution in [0.1, 0.15) is 53.4 Å². The molecule has 1 aromatic heterocycles. The maximum absolute atomic E-state index is 12.8. The Hall–Kier alpha value is -2.21. The number of amides is 1. The molecule has 6 heteroatoms. The average Bonchev–Trinajstić information content (AvgIpc) is 3.27. The second-order valence-corrected chi connectivity index (χ2v) is 7.52. The summed E-state index contributed by atoms with van der Waals surface area (Å²) in [7, 11) is 0. The summed E-state index contributed by atoms with van der Waals surface area (Å²) in [5, 5.41) is 10.8. The summed E-state index contributed by atoms with van der Waals surface area (Å²) >= 11 is 0.949. The fourth-order valence-corrected chi connectivity index (χ4v) is 3.42. The van der Waals surface area contributed by atoms with Crippen LogP contribution in [0.15, 0.2) is 36.4 Å². The first-order chi connectivity index (χ1) is 11.5. The van der Waals surface area contributed by atoms with Crippen molar-refractivity contribution in [3.8, 4) is 0 Å². The summed E-state index contributed by atoms with van der Waals surface area (Å²) in [5.41, 5.74) is 2.36. The number of thiophene rings is 1. The maximum Gasteiger partial charge on any atom is 0.324 e. The van der Waals surface area contributed by atoms with Crippen LogP contribution in [-0.2, 0) is 6.54 Å². The molecule has 2 aromatic rings. The second-order valence-electron chi connectivity index (χ2n) is 6.46. The molecule has 0 saturated heterocycles. The molecule has 0 N–H and O–H groups in total.